The number of anilines is 1. The van der Waals surface area contributed by atoms with E-state index < -0.39 is 10.0 Å². The van der Waals surface area contributed by atoms with Crippen LogP contribution >= 0.6 is 11.8 Å². The fraction of sp³-hybridized carbons (Fsp3) is 0.583. The van der Waals surface area contributed by atoms with Crippen LogP contribution in [0.5, 0.6) is 0 Å². The van der Waals surface area contributed by atoms with Crippen LogP contribution < -0.4 is 5.32 Å². The Bertz CT molecular complexity index is 537. The van der Waals surface area contributed by atoms with Crippen molar-refractivity contribution in [1.29, 1.82) is 0 Å². The van der Waals surface area contributed by atoms with Crippen molar-refractivity contribution in [1.82, 2.24) is 9.29 Å². The van der Waals surface area contributed by atoms with Crippen molar-refractivity contribution in [2.75, 3.05) is 32.2 Å². The van der Waals surface area contributed by atoms with Crippen molar-refractivity contribution in [2.45, 2.75) is 22.5 Å². The van der Waals surface area contributed by atoms with Gasteiger partial charge in [-0.2, -0.15) is 11.8 Å². The predicted molar refractivity (Wildman–Crippen MR) is 79.1 cm³/mol. The summed E-state index contributed by atoms with van der Waals surface area (Å²) in [5.41, 5.74) is 0. The second-order valence-corrected chi connectivity index (χ2v) is 8.33. The predicted octanol–water partition coefficient (Wildman–Crippen LogP) is 1.64. The second-order valence-electron chi connectivity index (χ2n) is 4.91. The van der Waals surface area contributed by atoms with E-state index in [2.05, 4.69) is 16.6 Å². The zero-order valence-electron chi connectivity index (χ0n) is 11.4. The van der Waals surface area contributed by atoms with Crippen LogP contribution in [0.4, 0.5) is 5.82 Å². The number of sulfonamides is 1. The Balaban J connectivity index is 2.03. The van der Waals surface area contributed by atoms with Gasteiger partial charge in [-0.15, -0.1) is 0 Å². The van der Waals surface area contributed by atoms with Crippen molar-refractivity contribution in [3.8, 4) is 0 Å². The van der Waals surface area contributed by atoms with Gasteiger partial charge in [0.15, 0.2) is 0 Å². The van der Waals surface area contributed by atoms with Gasteiger partial charge >= 0.3 is 0 Å². The molecule has 19 heavy (non-hydrogen) atoms. The maximum atomic E-state index is 11.9. The first-order valence-corrected chi connectivity index (χ1v) is 8.74. The van der Waals surface area contributed by atoms with Crippen molar-refractivity contribution in [3.63, 3.8) is 0 Å². The largest absolute Gasteiger partial charge is 0.369 e. The van der Waals surface area contributed by atoms with Gasteiger partial charge < -0.3 is 5.32 Å². The molecule has 106 valence electrons. The Kier molecular flexibility index (Phi) is 4.08. The van der Waals surface area contributed by atoms with E-state index in [0.29, 0.717) is 4.75 Å². The van der Waals surface area contributed by atoms with E-state index in [0.717, 1.165) is 12.4 Å². The summed E-state index contributed by atoms with van der Waals surface area (Å²) in [5, 5.41) is 3.27. The lowest BCUT2D eigenvalue weighted by Gasteiger charge is -2.14. The molecule has 0 atom stereocenters. The van der Waals surface area contributed by atoms with Crippen molar-refractivity contribution < 1.29 is 8.42 Å². The molecule has 0 amide bonds. The number of pyridine rings is 1. The summed E-state index contributed by atoms with van der Waals surface area (Å²) < 4.78 is 25.3. The molecule has 0 saturated heterocycles. The summed E-state index contributed by atoms with van der Waals surface area (Å²) in [6.45, 7) is 0.876. The molecule has 0 aromatic carbocycles. The first kappa shape index (κ1) is 14.6. The highest BCUT2D eigenvalue weighted by Crippen LogP contribution is 2.46. The first-order chi connectivity index (χ1) is 8.89. The molecule has 1 aliphatic rings. The smallest absolute Gasteiger partial charge is 0.244 e. The molecule has 0 bridgehead atoms. The highest BCUT2D eigenvalue weighted by molar-refractivity contribution is 8.00. The molecule has 0 radical (unpaired) electrons. The van der Waals surface area contributed by atoms with Crippen LogP contribution in [-0.2, 0) is 10.0 Å². The number of aromatic nitrogens is 1. The van der Waals surface area contributed by atoms with E-state index >= 15 is 0 Å². The Labute approximate surface area is 118 Å². The number of rotatable bonds is 6. The monoisotopic (exact) mass is 301 g/mol. The molecule has 1 saturated carbocycles. The van der Waals surface area contributed by atoms with Crippen LogP contribution in [0.15, 0.2) is 23.2 Å². The summed E-state index contributed by atoms with van der Waals surface area (Å²) in [7, 11) is -0.369. The van der Waals surface area contributed by atoms with Gasteiger partial charge in [0.25, 0.3) is 0 Å². The minimum atomic E-state index is -3.39. The van der Waals surface area contributed by atoms with Gasteiger partial charge in [0, 0.05) is 31.6 Å². The minimum Gasteiger partial charge on any atom is -0.369 e. The third kappa shape index (κ3) is 3.21. The Morgan fingerprint density at radius 2 is 2.11 bits per heavy atom. The molecule has 1 heterocycles. The Morgan fingerprint density at radius 1 is 1.42 bits per heavy atom. The number of thioether (sulfide) groups is 1. The second kappa shape index (κ2) is 5.30. The number of nitrogens with one attached hydrogen (secondary N) is 1. The van der Waals surface area contributed by atoms with Crippen LogP contribution in [0, 0.1) is 0 Å². The third-order valence-electron chi connectivity index (χ3n) is 3.35. The van der Waals surface area contributed by atoms with Crippen LogP contribution in [0.1, 0.15) is 12.8 Å². The SMILES string of the molecule is CSC1(CNc2ccc(S(=O)(=O)N(C)C)cn2)CC1. The molecular formula is C12H19N3O2S2. The maximum Gasteiger partial charge on any atom is 0.244 e. The van der Waals surface area contributed by atoms with Gasteiger partial charge in [0.1, 0.15) is 10.7 Å². The number of hydrogen-bond donors (Lipinski definition) is 1. The number of nitrogens with zero attached hydrogens (tertiary/aromatic N) is 2. The average molecular weight is 301 g/mol. The van der Waals surface area contributed by atoms with E-state index in [9.17, 15) is 8.42 Å². The lowest BCUT2D eigenvalue weighted by Crippen LogP contribution is -2.22. The highest BCUT2D eigenvalue weighted by Gasteiger charge is 2.41. The van der Waals surface area contributed by atoms with Gasteiger partial charge in [-0.3, -0.25) is 0 Å². The zero-order chi connectivity index (χ0) is 14.1. The fourth-order valence-electron chi connectivity index (χ4n) is 1.69. The maximum absolute atomic E-state index is 11.9. The first-order valence-electron chi connectivity index (χ1n) is 6.07. The molecule has 1 aliphatic carbocycles. The summed E-state index contributed by atoms with van der Waals surface area (Å²) in [4.78, 5) is 4.38. The van der Waals surface area contributed by atoms with E-state index in [1.54, 1.807) is 12.1 Å². The van der Waals surface area contributed by atoms with E-state index in [4.69, 9.17) is 0 Å². The molecular weight excluding hydrogens is 282 g/mol. The Morgan fingerprint density at radius 3 is 2.53 bits per heavy atom. The summed E-state index contributed by atoms with van der Waals surface area (Å²) in [5.74, 6) is 0.720. The Hall–Kier alpha value is -0.790. The van der Waals surface area contributed by atoms with E-state index in [1.807, 2.05) is 11.8 Å². The van der Waals surface area contributed by atoms with Crippen LogP contribution in [0.3, 0.4) is 0 Å². The standard InChI is InChI=1S/C12H19N3O2S2/c1-15(2)19(16,17)10-4-5-11(13-8-10)14-9-12(18-3)6-7-12/h4-5,8H,6-7,9H2,1-3H3,(H,13,14). The molecule has 1 fully saturated rings. The van der Waals surface area contributed by atoms with E-state index in [1.165, 1.54) is 37.4 Å². The number of hydrogen-bond acceptors (Lipinski definition) is 5. The topological polar surface area (TPSA) is 62.3 Å². The highest BCUT2D eigenvalue weighted by atomic mass is 32.2. The van der Waals surface area contributed by atoms with Crippen molar-refractivity contribution in [2.24, 2.45) is 0 Å². The molecule has 1 N–H and O–H groups in total. The molecule has 0 aliphatic heterocycles. The summed E-state index contributed by atoms with van der Waals surface area (Å²) in [6, 6.07) is 3.30. The normalized spacial score (nSPS) is 17.5. The minimum absolute atomic E-state index is 0.217. The lowest BCUT2D eigenvalue weighted by atomic mass is 10.4. The lowest BCUT2D eigenvalue weighted by molar-refractivity contribution is 0.520. The van der Waals surface area contributed by atoms with Gasteiger partial charge in [-0.1, -0.05) is 0 Å². The molecule has 2 rings (SSSR count). The molecule has 0 spiro atoms. The summed E-state index contributed by atoms with van der Waals surface area (Å²) >= 11 is 1.88. The third-order valence-corrected chi connectivity index (χ3v) is 6.56. The molecule has 0 unspecified atom stereocenters. The quantitative estimate of drug-likeness (QED) is 0.865. The van der Waals surface area contributed by atoms with E-state index in [-0.39, 0.29) is 4.90 Å². The van der Waals surface area contributed by atoms with Crippen molar-refractivity contribution in [3.05, 3.63) is 18.3 Å². The van der Waals surface area contributed by atoms with Crippen LogP contribution in [0.25, 0.3) is 0 Å². The summed E-state index contributed by atoms with van der Waals surface area (Å²) in [6.07, 6.45) is 5.98. The molecule has 5 nitrogen and oxygen atoms in total. The van der Waals surface area contributed by atoms with Gasteiger partial charge in [-0.05, 0) is 31.2 Å². The van der Waals surface area contributed by atoms with Gasteiger partial charge in [-0.25, -0.2) is 17.7 Å². The van der Waals surface area contributed by atoms with Crippen LogP contribution in [0.2, 0.25) is 0 Å². The van der Waals surface area contributed by atoms with Crippen LogP contribution in [-0.4, -0.2) is 49.3 Å². The molecule has 1 aromatic heterocycles. The zero-order valence-corrected chi connectivity index (χ0v) is 13.0. The molecule has 7 heteroatoms. The average Bonchev–Trinajstić information content (AvgIpc) is 3.17. The van der Waals surface area contributed by atoms with Gasteiger partial charge in [0.05, 0.1) is 0 Å². The van der Waals surface area contributed by atoms with Gasteiger partial charge in [0.2, 0.25) is 10.0 Å². The molecule has 1 aromatic rings. The fourth-order valence-corrected chi connectivity index (χ4v) is 3.27. The van der Waals surface area contributed by atoms with Crippen molar-refractivity contribution >= 4 is 27.6 Å².